The molecule has 2 heteroatoms. The predicted molar refractivity (Wildman–Crippen MR) is 83.6 cm³/mol. The Bertz CT molecular complexity index is 381. The first-order chi connectivity index (χ1) is 9.20. The minimum Gasteiger partial charge on any atom is -0.368 e. The highest BCUT2D eigenvalue weighted by Gasteiger charge is 2.23. The van der Waals surface area contributed by atoms with Crippen molar-refractivity contribution < 1.29 is 0 Å². The van der Waals surface area contributed by atoms with E-state index in [0.29, 0.717) is 6.04 Å². The molecule has 1 aromatic carbocycles. The van der Waals surface area contributed by atoms with E-state index >= 15 is 0 Å². The van der Waals surface area contributed by atoms with Gasteiger partial charge in [0.2, 0.25) is 0 Å². The van der Waals surface area contributed by atoms with Crippen LogP contribution in [0.2, 0.25) is 0 Å². The van der Waals surface area contributed by atoms with Crippen LogP contribution in [-0.2, 0) is 0 Å². The fourth-order valence-corrected chi connectivity index (χ4v) is 3.14. The van der Waals surface area contributed by atoms with Crippen LogP contribution >= 0.6 is 0 Å². The first-order valence-electron chi connectivity index (χ1n) is 7.74. The van der Waals surface area contributed by atoms with Crippen LogP contribution in [0.4, 0.5) is 5.69 Å². The van der Waals surface area contributed by atoms with Crippen LogP contribution in [0.3, 0.4) is 0 Å². The second-order valence-corrected chi connectivity index (χ2v) is 6.09. The summed E-state index contributed by atoms with van der Waals surface area (Å²) in [7, 11) is 0. The second kappa shape index (κ2) is 6.95. The molecule has 2 rings (SSSR count). The van der Waals surface area contributed by atoms with Crippen LogP contribution in [0.15, 0.2) is 24.3 Å². The van der Waals surface area contributed by atoms with Gasteiger partial charge >= 0.3 is 0 Å². The lowest BCUT2D eigenvalue weighted by atomic mass is 9.86. The van der Waals surface area contributed by atoms with Crippen molar-refractivity contribution in [2.45, 2.75) is 52.0 Å². The Kier molecular flexibility index (Phi) is 5.26. The number of nitrogens with zero attached hydrogens (tertiary/aromatic N) is 1. The summed E-state index contributed by atoms with van der Waals surface area (Å²) in [6, 6.07) is 9.62. The van der Waals surface area contributed by atoms with Crippen LogP contribution in [0, 0.1) is 12.8 Å². The molecular formula is C17H28N2. The maximum absolute atomic E-state index is 5.71. The van der Waals surface area contributed by atoms with Gasteiger partial charge in [-0.05, 0) is 69.2 Å². The molecule has 0 unspecified atom stereocenters. The van der Waals surface area contributed by atoms with Crippen LogP contribution in [0.5, 0.6) is 0 Å². The monoisotopic (exact) mass is 260 g/mol. The first-order valence-corrected chi connectivity index (χ1v) is 7.74. The molecule has 0 heterocycles. The van der Waals surface area contributed by atoms with Gasteiger partial charge < -0.3 is 10.6 Å². The fraction of sp³-hybridized carbons (Fsp3) is 0.647. The molecule has 1 aromatic rings. The topological polar surface area (TPSA) is 29.3 Å². The third kappa shape index (κ3) is 3.97. The lowest BCUT2D eigenvalue weighted by Crippen LogP contribution is -2.39. The van der Waals surface area contributed by atoms with Crippen LogP contribution in [0.1, 0.15) is 44.6 Å². The van der Waals surface area contributed by atoms with Crippen molar-refractivity contribution in [3.8, 4) is 0 Å². The van der Waals surface area contributed by atoms with Gasteiger partial charge in [0.15, 0.2) is 0 Å². The highest BCUT2D eigenvalue weighted by Crippen LogP contribution is 2.30. The minimum absolute atomic E-state index is 0.713. The summed E-state index contributed by atoms with van der Waals surface area (Å²) in [4.78, 5) is 2.60. The van der Waals surface area contributed by atoms with Gasteiger partial charge in [-0.2, -0.15) is 0 Å². The van der Waals surface area contributed by atoms with Crippen molar-refractivity contribution in [3.05, 3.63) is 29.8 Å². The summed E-state index contributed by atoms with van der Waals surface area (Å²) in [6.45, 7) is 6.44. The molecule has 0 amide bonds. The number of rotatable bonds is 5. The van der Waals surface area contributed by atoms with E-state index in [-0.39, 0.29) is 0 Å². The Morgan fingerprint density at radius 3 is 2.58 bits per heavy atom. The molecule has 0 spiro atoms. The number of anilines is 1. The molecule has 0 atom stereocenters. The van der Waals surface area contributed by atoms with Crippen LogP contribution in [-0.4, -0.2) is 19.1 Å². The third-order valence-electron chi connectivity index (χ3n) is 4.36. The smallest absolute Gasteiger partial charge is 0.0371 e. The molecule has 2 nitrogen and oxygen atoms in total. The highest BCUT2D eigenvalue weighted by molar-refractivity contribution is 5.49. The third-order valence-corrected chi connectivity index (χ3v) is 4.36. The molecule has 1 saturated carbocycles. The van der Waals surface area contributed by atoms with Gasteiger partial charge in [0.25, 0.3) is 0 Å². The van der Waals surface area contributed by atoms with Crippen molar-refractivity contribution in [1.29, 1.82) is 0 Å². The van der Waals surface area contributed by atoms with E-state index in [9.17, 15) is 0 Å². The fourth-order valence-electron chi connectivity index (χ4n) is 3.14. The van der Waals surface area contributed by atoms with Crippen molar-refractivity contribution in [2.75, 3.05) is 18.0 Å². The van der Waals surface area contributed by atoms with Crippen molar-refractivity contribution >= 4 is 5.69 Å². The summed E-state index contributed by atoms with van der Waals surface area (Å²) in [5.41, 5.74) is 8.44. The Morgan fingerprint density at radius 1 is 1.21 bits per heavy atom. The molecule has 0 bridgehead atoms. The normalized spacial score (nSPS) is 23.3. The number of aryl methyl sites for hydroxylation is 1. The Labute approximate surface area is 118 Å². The van der Waals surface area contributed by atoms with Gasteiger partial charge in [0.05, 0.1) is 0 Å². The largest absolute Gasteiger partial charge is 0.368 e. The molecule has 1 fully saturated rings. The second-order valence-electron chi connectivity index (χ2n) is 6.09. The van der Waals surface area contributed by atoms with Crippen LogP contribution < -0.4 is 10.6 Å². The molecule has 0 aliphatic heterocycles. The first kappa shape index (κ1) is 14.4. The van der Waals surface area contributed by atoms with E-state index < -0.39 is 0 Å². The van der Waals surface area contributed by atoms with Gasteiger partial charge in [-0.25, -0.2) is 0 Å². The molecule has 0 radical (unpaired) electrons. The van der Waals surface area contributed by atoms with E-state index in [0.717, 1.165) is 25.4 Å². The van der Waals surface area contributed by atoms with Gasteiger partial charge in [0, 0.05) is 18.3 Å². The molecule has 106 valence electrons. The van der Waals surface area contributed by atoms with Crippen molar-refractivity contribution in [2.24, 2.45) is 11.7 Å². The zero-order chi connectivity index (χ0) is 13.7. The Balaban J connectivity index is 2.11. The lowest BCUT2D eigenvalue weighted by molar-refractivity contribution is 0.333. The van der Waals surface area contributed by atoms with Gasteiger partial charge in [-0.1, -0.05) is 19.1 Å². The zero-order valence-corrected chi connectivity index (χ0v) is 12.4. The number of nitrogens with two attached hydrogens (primary N) is 1. The predicted octanol–water partition coefficient (Wildman–Crippen LogP) is 3.73. The summed E-state index contributed by atoms with van der Waals surface area (Å²) in [6.07, 6.45) is 6.49. The Morgan fingerprint density at radius 2 is 1.95 bits per heavy atom. The molecule has 0 aromatic heterocycles. The quantitative estimate of drug-likeness (QED) is 0.874. The zero-order valence-electron chi connectivity index (χ0n) is 12.4. The van der Waals surface area contributed by atoms with E-state index in [4.69, 9.17) is 5.73 Å². The molecule has 1 aliphatic rings. The summed E-state index contributed by atoms with van der Waals surface area (Å²) >= 11 is 0. The standard InChI is InChI=1S/C17H28N2/c1-14-7-9-16(10-8-14)19(12-4-11-18)17-6-3-5-15(2)13-17/h3,5-6,13-14,16H,4,7-12,18H2,1-2H3. The molecule has 19 heavy (non-hydrogen) atoms. The van der Waals surface area contributed by atoms with Gasteiger partial charge in [0.1, 0.15) is 0 Å². The van der Waals surface area contributed by atoms with E-state index in [2.05, 4.69) is 43.0 Å². The molecule has 0 saturated heterocycles. The number of benzene rings is 1. The van der Waals surface area contributed by atoms with Gasteiger partial charge in [-0.15, -0.1) is 0 Å². The average Bonchev–Trinajstić information content (AvgIpc) is 2.41. The van der Waals surface area contributed by atoms with E-state index in [1.165, 1.54) is 36.9 Å². The maximum Gasteiger partial charge on any atom is 0.0371 e. The van der Waals surface area contributed by atoms with Crippen LogP contribution in [0.25, 0.3) is 0 Å². The van der Waals surface area contributed by atoms with Gasteiger partial charge in [-0.3, -0.25) is 0 Å². The lowest BCUT2D eigenvalue weighted by Gasteiger charge is -2.38. The molecule has 1 aliphatic carbocycles. The Hall–Kier alpha value is -1.02. The molecular weight excluding hydrogens is 232 g/mol. The number of hydrogen-bond acceptors (Lipinski definition) is 2. The summed E-state index contributed by atoms with van der Waals surface area (Å²) in [5, 5.41) is 0. The minimum atomic E-state index is 0.713. The molecule has 2 N–H and O–H groups in total. The SMILES string of the molecule is Cc1cccc(N(CCCN)C2CCC(C)CC2)c1. The summed E-state index contributed by atoms with van der Waals surface area (Å²) in [5.74, 6) is 0.908. The van der Waals surface area contributed by atoms with E-state index in [1.807, 2.05) is 0 Å². The maximum atomic E-state index is 5.71. The van der Waals surface area contributed by atoms with Crippen molar-refractivity contribution in [3.63, 3.8) is 0 Å². The number of hydrogen-bond donors (Lipinski definition) is 1. The van der Waals surface area contributed by atoms with Crippen molar-refractivity contribution in [1.82, 2.24) is 0 Å². The van der Waals surface area contributed by atoms with E-state index in [1.54, 1.807) is 0 Å². The summed E-state index contributed by atoms with van der Waals surface area (Å²) < 4.78 is 0. The highest BCUT2D eigenvalue weighted by atomic mass is 15.2. The average molecular weight is 260 g/mol.